The van der Waals surface area contributed by atoms with Crippen molar-refractivity contribution in [3.63, 3.8) is 0 Å². The van der Waals surface area contributed by atoms with Crippen molar-refractivity contribution in [2.75, 3.05) is 25.0 Å². The highest BCUT2D eigenvalue weighted by atomic mass is 16.3. The van der Waals surface area contributed by atoms with Crippen molar-refractivity contribution in [2.45, 2.75) is 18.9 Å². The van der Waals surface area contributed by atoms with E-state index in [4.69, 9.17) is 0 Å². The summed E-state index contributed by atoms with van der Waals surface area (Å²) in [7, 11) is 0. The van der Waals surface area contributed by atoms with Crippen LogP contribution in [0.15, 0.2) is 48.8 Å². The molecule has 2 N–H and O–H groups in total. The zero-order valence-corrected chi connectivity index (χ0v) is 14.0. The number of likely N-dealkylation sites (tertiary alicyclic amines) is 1. The lowest BCUT2D eigenvalue weighted by molar-refractivity contribution is 0.255. The molecule has 1 saturated heterocycles. The van der Waals surface area contributed by atoms with Gasteiger partial charge in [0.1, 0.15) is 17.1 Å². The standard InChI is InChI=1S/C19H21N5O/c25-15-5-3-4-14(12-15)17(24-10-1-2-11-24)13-22-18-7-6-16-19(23-18)21-9-8-20-16/h3-9,12,17,25H,1-2,10-11,13H2,(H,21,22,23). The summed E-state index contributed by atoms with van der Waals surface area (Å²) in [6.45, 7) is 2.89. The Balaban J connectivity index is 1.55. The van der Waals surface area contributed by atoms with Crippen molar-refractivity contribution in [1.82, 2.24) is 19.9 Å². The number of fused-ring (bicyclic) bond motifs is 1. The second-order valence-corrected chi connectivity index (χ2v) is 6.33. The topological polar surface area (TPSA) is 74.2 Å². The first-order valence-corrected chi connectivity index (χ1v) is 8.64. The van der Waals surface area contributed by atoms with Crippen molar-refractivity contribution >= 4 is 17.0 Å². The summed E-state index contributed by atoms with van der Waals surface area (Å²) in [5.74, 6) is 1.10. The van der Waals surface area contributed by atoms with E-state index in [9.17, 15) is 5.11 Å². The van der Waals surface area contributed by atoms with Crippen LogP contribution < -0.4 is 5.32 Å². The normalized spacial score (nSPS) is 16.2. The number of hydrogen-bond donors (Lipinski definition) is 2. The Morgan fingerprint density at radius 1 is 1.08 bits per heavy atom. The Morgan fingerprint density at radius 2 is 1.92 bits per heavy atom. The van der Waals surface area contributed by atoms with Gasteiger partial charge in [-0.25, -0.2) is 9.97 Å². The first kappa shape index (κ1) is 15.8. The maximum absolute atomic E-state index is 9.84. The van der Waals surface area contributed by atoms with E-state index < -0.39 is 0 Å². The van der Waals surface area contributed by atoms with E-state index in [0.29, 0.717) is 11.4 Å². The molecule has 0 aliphatic carbocycles. The minimum absolute atomic E-state index is 0.203. The molecule has 3 heterocycles. The third kappa shape index (κ3) is 3.53. The Labute approximate surface area is 146 Å². The summed E-state index contributed by atoms with van der Waals surface area (Å²) < 4.78 is 0. The monoisotopic (exact) mass is 335 g/mol. The molecular formula is C19H21N5O. The molecule has 1 aliphatic heterocycles. The van der Waals surface area contributed by atoms with Gasteiger partial charge in [-0.05, 0) is 55.8 Å². The largest absolute Gasteiger partial charge is 0.508 e. The van der Waals surface area contributed by atoms with Gasteiger partial charge in [0.05, 0.1) is 6.04 Å². The van der Waals surface area contributed by atoms with Gasteiger partial charge >= 0.3 is 0 Å². The number of nitrogens with zero attached hydrogens (tertiary/aromatic N) is 4. The maximum atomic E-state index is 9.84. The fourth-order valence-electron chi connectivity index (χ4n) is 3.40. The lowest BCUT2D eigenvalue weighted by atomic mass is 10.1. The fourth-order valence-corrected chi connectivity index (χ4v) is 3.40. The zero-order valence-electron chi connectivity index (χ0n) is 14.0. The Morgan fingerprint density at radius 3 is 2.76 bits per heavy atom. The van der Waals surface area contributed by atoms with Crippen molar-refractivity contribution in [3.8, 4) is 5.75 Å². The number of aromatic hydroxyl groups is 1. The SMILES string of the molecule is Oc1cccc(C(CNc2ccc3nccnc3n2)N2CCCC2)c1. The lowest BCUT2D eigenvalue weighted by Crippen LogP contribution is -2.31. The minimum atomic E-state index is 0.203. The number of phenolic OH excluding ortho intramolecular Hbond substituents is 1. The highest BCUT2D eigenvalue weighted by Crippen LogP contribution is 2.27. The third-order valence-electron chi connectivity index (χ3n) is 4.64. The van der Waals surface area contributed by atoms with Gasteiger partial charge in [0.25, 0.3) is 0 Å². The quantitative estimate of drug-likeness (QED) is 0.747. The molecule has 2 aromatic heterocycles. The van der Waals surface area contributed by atoms with Gasteiger partial charge in [0.2, 0.25) is 0 Å². The van der Waals surface area contributed by atoms with E-state index in [0.717, 1.165) is 36.5 Å². The molecule has 128 valence electrons. The average molecular weight is 335 g/mol. The van der Waals surface area contributed by atoms with Crippen molar-refractivity contribution in [3.05, 3.63) is 54.4 Å². The van der Waals surface area contributed by atoms with Crippen LogP contribution in [0, 0.1) is 0 Å². The van der Waals surface area contributed by atoms with Crippen LogP contribution in [0.5, 0.6) is 5.75 Å². The van der Waals surface area contributed by atoms with Gasteiger partial charge in [-0.3, -0.25) is 9.88 Å². The molecule has 1 atom stereocenters. The van der Waals surface area contributed by atoms with Crippen LogP contribution in [-0.2, 0) is 0 Å². The molecule has 6 nitrogen and oxygen atoms in total. The van der Waals surface area contributed by atoms with Crippen molar-refractivity contribution in [1.29, 1.82) is 0 Å². The molecule has 4 rings (SSSR count). The van der Waals surface area contributed by atoms with E-state index >= 15 is 0 Å². The van der Waals surface area contributed by atoms with E-state index in [-0.39, 0.29) is 6.04 Å². The first-order chi connectivity index (χ1) is 12.3. The van der Waals surface area contributed by atoms with Crippen LogP contribution in [-0.4, -0.2) is 44.6 Å². The molecule has 1 aromatic carbocycles. The summed E-state index contributed by atoms with van der Waals surface area (Å²) in [5.41, 5.74) is 2.55. The number of phenols is 1. The summed E-state index contributed by atoms with van der Waals surface area (Å²) in [5, 5.41) is 13.3. The number of aromatic nitrogens is 3. The van der Waals surface area contributed by atoms with E-state index in [2.05, 4.69) is 31.2 Å². The van der Waals surface area contributed by atoms with Crippen LogP contribution in [0.25, 0.3) is 11.2 Å². The van der Waals surface area contributed by atoms with E-state index in [1.165, 1.54) is 12.8 Å². The molecule has 0 saturated carbocycles. The summed E-state index contributed by atoms with van der Waals surface area (Å²) in [6, 6.07) is 11.6. The van der Waals surface area contributed by atoms with Crippen molar-refractivity contribution < 1.29 is 5.11 Å². The van der Waals surface area contributed by atoms with Gasteiger partial charge in [0, 0.05) is 18.9 Å². The molecule has 1 unspecified atom stereocenters. The van der Waals surface area contributed by atoms with Crippen LogP contribution in [0.1, 0.15) is 24.4 Å². The predicted octanol–water partition coefficient (Wildman–Crippen LogP) is 2.98. The Hall–Kier alpha value is -2.73. The molecule has 1 fully saturated rings. The molecule has 0 bridgehead atoms. The number of benzene rings is 1. The van der Waals surface area contributed by atoms with Crippen LogP contribution in [0.3, 0.4) is 0 Å². The van der Waals surface area contributed by atoms with Gasteiger partial charge in [-0.2, -0.15) is 0 Å². The minimum Gasteiger partial charge on any atom is -0.508 e. The van der Waals surface area contributed by atoms with Gasteiger partial charge in [-0.1, -0.05) is 12.1 Å². The van der Waals surface area contributed by atoms with E-state index in [1.807, 2.05) is 24.3 Å². The summed E-state index contributed by atoms with van der Waals surface area (Å²) in [4.78, 5) is 15.5. The number of hydrogen-bond acceptors (Lipinski definition) is 6. The highest BCUT2D eigenvalue weighted by molar-refractivity contribution is 5.71. The maximum Gasteiger partial charge on any atom is 0.180 e. The summed E-state index contributed by atoms with van der Waals surface area (Å²) >= 11 is 0. The molecule has 6 heteroatoms. The number of nitrogens with one attached hydrogen (secondary N) is 1. The smallest absolute Gasteiger partial charge is 0.180 e. The molecule has 25 heavy (non-hydrogen) atoms. The average Bonchev–Trinajstić information content (AvgIpc) is 3.16. The number of anilines is 1. The lowest BCUT2D eigenvalue weighted by Gasteiger charge is -2.28. The Kier molecular flexibility index (Phi) is 4.43. The van der Waals surface area contributed by atoms with Crippen LogP contribution in [0.4, 0.5) is 5.82 Å². The van der Waals surface area contributed by atoms with Crippen LogP contribution >= 0.6 is 0 Å². The molecule has 0 amide bonds. The molecule has 1 aliphatic rings. The molecule has 0 radical (unpaired) electrons. The highest BCUT2D eigenvalue weighted by Gasteiger charge is 2.23. The van der Waals surface area contributed by atoms with Crippen molar-refractivity contribution in [2.24, 2.45) is 0 Å². The molecule has 3 aromatic rings. The number of pyridine rings is 1. The molecular weight excluding hydrogens is 314 g/mol. The zero-order chi connectivity index (χ0) is 17.1. The van der Waals surface area contributed by atoms with Crippen LogP contribution in [0.2, 0.25) is 0 Å². The van der Waals surface area contributed by atoms with Gasteiger partial charge in [0.15, 0.2) is 5.65 Å². The Bertz CT molecular complexity index is 863. The fraction of sp³-hybridized carbons (Fsp3) is 0.316. The first-order valence-electron chi connectivity index (χ1n) is 8.64. The summed E-state index contributed by atoms with van der Waals surface area (Å²) in [6.07, 6.45) is 5.76. The van der Waals surface area contributed by atoms with Gasteiger partial charge in [-0.15, -0.1) is 0 Å². The molecule has 0 spiro atoms. The second-order valence-electron chi connectivity index (χ2n) is 6.33. The van der Waals surface area contributed by atoms with Gasteiger partial charge < -0.3 is 10.4 Å². The third-order valence-corrected chi connectivity index (χ3v) is 4.64. The van der Waals surface area contributed by atoms with E-state index in [1.54, 1.807) is 18.5 Å². The predicted molar refractivity (Wildman–Crippen MR) is 97.5 cm³/mol. The second kappa shape index (κ2) is 7.03. The number of rotatable bonds is 5.